The summed E-state index contributed by atoms with van der Waals surface area (Å²) in [6, 6.07) is 27.4. The Morgan fingerprint density at radius 2 is 1.65 bits per heavy atom. The number of nitrogens with one attached hydrogen (secondary N) is 1. The second-order valence-corrected chi connectivity index (χ2v) is 8.33. The van der Waals surface area contributed by atoms with Gasteiger partial charge in [0, 0.05) is 15.7 Å². The van der Waals surface area contributed by atoms with Crippen LogP contribution in [0.1, 0.15) is 5.56 Å². The Hall–Kier alpha value is -3.23. The van der Waals surface area contributed by atoms with E-state index >= 15 is 0 Å². The Balaban J connectivity index is 1.47. The number of carbonyl (C=O) groups excluding carboxylic acids is 1. The number of aromatic nitrogens is 3. The number of hydrazone groups is 1. The number of hydrogen-bond acceptors (Lipinski definition) is 5. The Bertz CT molecular complexity index is 1180. The highest BCUT2D eigenvalue weighted by Crippen LogP contribution is 2.27. The fourth-order valence-electron chi connectivity index (χ4n) is 2.84. The van der Waals surface area contributed by atoms with E-state index in [-0.39, 0.29) is 11.7 Å². The van der Waals surface area contributed by atoms with Crippen LogP contribution in [0.15, 0.2) is 99.7 Å². The Kier molecular flexibility index (Phi) is 6.91. The standard InChI is InChI=1S/C23H18BrN5OS/c24-19-13-11-17(12-14-19)15-25-26-21(30)16-31-23-28-27-22(18-7-3-1-4-8-18)29(23)20-9-5-2-6-10-20/h1-15H,16H2,(H,26,30). The van der Waals surface area contributed by atoms with E-state index in [1.54, 1.807) is 6.21 Å². The van der Waals surface area contributed by atoms with E-state index in [2.05, 4.69) is 36.7 Å². The van der Waals surface area contributed by atoms with E-state index in [4.69, 9.17) is 0 Å². The maximum atomic E-state index is 12.3. The average Bonchev–Trinajstić information content (AvgIpc) is 3.24. The Morgan fingerprint density at radius 3 is 2.35 bits per heavy atom. The highest BCUT2D eigenvalue weighted by molar-refractivity contribution is 9.10. The van der Waals surface area contributed by atoms with Crippen LogP contribution < -0.4 is 5.43 Å². The van der Waals surface area contributed by atoms with Gasteiger partial charge in [-0.15, -0.1) is 10.2 Å². The van der Waals surface area contributed by atoms with Gasteiger partial charge >= 0.3 is 0 Å². The molecule has 1 aromatic heterocycles. The van der Waals surface area contributed by atoms with Gasteiger partial charge in [-0.1, -0.05) is 88.4 Å². The summed E-state index contributed by atoms with van der Waals surface area (Å²) in [5.74, 6) is 0.669. The molecule has 0 aliphatic rings. The third kappa shape index (κ3) is 5.48. The molecule has 1 heterocycles. The van der Waals surface area contributed by atoms with E-state index in [0.29, 0.717) is 5.16 Å². The minimum absolute atomic E-state index is 0.164. The highest BCUT2D eigenvalue weighted by atomic mass is 79.9. The molecule has 3 aromatic carbocycles. The second-order valence-electron chi connectivity index (χ2n) is 6.48. The average molecular weight is 492 g/mol. The smallest absolute Gasteiger partial charge is 0.250 e. The van der Waals surface area contributed by atoms with Gasteiger partial charge in [0.15, 0.2) is 11.0 Å². The van der Waals surface area contributed by atoms with Crippen molar-refractivity contribution in [2.24, 2.45) is 5.10 Å². The van der Waals surface area contributed by atoms with Gasteiger partial charge in [-0.25, -0.2) is 5.43 Å². The zero-order valence-corrected chi connectivity index (χ0v) is 18.8. The zero-order chi connectivity index (χ0) is 21.5. The fraction of sp³-hybridized carbons (Fsp3) is 0.0435. The van der Waals surface area contributed by atoms with Gasteiger partial charge in [0.2, 0.25) is 0 Å². The number of nitrogens with zero attached hydrogens (tertiary/aromatic N) is 4. The predicted octanol–water partition coefficient (Wildman–Crippen LogP) is 4.94. The molecule has 0 fully saturated rings. The molecule has 0 aliphatic carbocycles. The van der Waals surface area contributed by atoms with Gasteiger partial charge in [-0.05, 0) is 29.8 Å². The Labute approximate surface area is 192 Å². The van der Waals surface area contributed by atoms with E-state index in [0.717, 1.165) is 27.1 Å². The first-order valence-electron chi connectivity index (χ1n) is 9.47. The van der Waals surface area contributed by atoms with Crippen LogP contribution in [-0.4, -0.2) is 32.6 Å². The van der Waals surface area contributed by atoms with Gasteiger partial charge in [-0.2, -0.15) is 5.10 Å². The first-order chi connectivity index (χ1) is 15.2. The van der Waals surface area contributed by atoms with E-state index in [9.17, 15) is 4.79 Å². The minimum Gasteiger partial charge on any atom is -0.272 e. The summed E-state index contributed by atoms with van der Waals surface area (Å²) in [6.45, 7) is 0. The molecular weight excluding hydrogens is 474 g/mol. The number of benzene rings is 3. The van der Waals surface area contributed by atoms with Gasteiger partial charge in [-0.3, -0.25) is 9.36 Å². The van der Waals surface area contributed by atoms with Crippen molar-refractivity contribution in [1.82, 2.24) is 20.2 Å². The molecule has 154 valence electrons. The van der Waals surface area contributed by atoms with Crippen LogP contribution in [0.5, 0.6) is 0 Å². The molecular formula is C23H18BrN5OS. The summed E-state index contributed by atoms with van der Waals surface area (Å²) < 4.78 is 2.95. The van der Waals surface area contributed by atoms with E-state index < -0.39 is 0 Å². The molecule has 4 rings (SSSR count). The van der Waals surface area contributed by atoms with Crippen LogP contribution >= 0.6 is 27.7 Å². The molecule has 0 saturated carbocycles. The molecule has 0 atom stereocenters. The number of amides is 1. The third-order valence-corrected chi connectivity index (χ3v) is 5.74. The maximum absolute atomic E-state index is 12.3. The summed E-state index contributed by atoms with van der Waals surface area (Å²) >= 11 is 4.70. The van der Waals surface area contributed by atoms with Crippen molar-refractivity contribution in [3.05, 3.63) is 95.0 Å². The molecule has 4 aromatic rings. The monoisotopic (exact) mass is 491 g/mol. The molecule has 31 heavy (non-hydrogen) atoms. The van der Waals surface area contributed by atoms with Crippen LogP contribution in [0.4, 0.5) is 0 Å². The van der Waals surface area contributed by atoms with Crippen LogP contribution in [-0.2, 0) is 4.79 Å². The number of thioether (sulfide) groups is 1. The number of para-hydroxylation sites is 1. The van der Waals surface area contributed by atoms with Crippen LogP contribution in [0.25, 0.3) is 17.1 Å². The van der Waals surface area contributed by atoms with E-state index in [1.807, 2.05) is 89.5 Å². The quantitative estimate of drug-likeness (QED) is 0.225. The zero-order valence-electron chi connectivity index (χ0n) is 16.4. The SMILES string of the molecule is O=C(CSc1nnc(-c2ccccc2)n1-c1ccccc1)NN=Cc1ccc(Br)cc1. The van der Waals surface area contributed by atoms with Crippen LogP contribution in [0.3, 0.4) is 0 Å². The second kappa shape index (κ2) is 10.2. The Morgan fingerprint density at radius 1 is 0.968 bits per heavy atom. The molecule has 0 aliphatic heterocycles. The minimum atomic E-state index is -0.220. The summed E-state index contributed by atoms with van der Waals surface area (Å²) in [5, 5.41) is 13.4. The first-order valence-corrected chi connectivity index (χ1v) is 11.2. The van der Waals surface area contributed by atoms with Crippen molar-refractivity contribution in [3.8, 4) is 17.1 Å². The number of carbonyl (C=O) groups is 1. The van der Waals surface area contributed by atoms with Crippen molar-refractivity contribution in [3.63, 3.8) is 0 Å². The molecule has 0 radical (unpaired) electrons. The van der Waals surface area contributed by atoms with Crippen molar-refractivity contribution in [2.45, 2.75) is 5.16 Å². The lowest BCUT2D eigenvalue weighted by molar-refractivity contribution is -0.118. The largest absolute Gasteiger partial charge is 0.272 e. The third-order valence-electron chi connectivity index (χ3n) is 4.28. The molecule has 0 unspecified atom stereocenters. The number of halogens is 1. The van der Waals surface area contributed by atoms with Crippen molar-refractivity contribution >= 4 is 39.8 Å². The molecule has 0 saturated heterocycles. The summed E-state index contributed by atoms with van der Waals surface area (Å²) in [7, 11) is 0. The fourth-order valence-corrected chi connectivity index (χ4v) is 3.85. The van der Waals surface area contributed by atoms with Gasteiger partial charge in [0.25, 0.3) is 5.91 Å². The molecule has 6 nitrogen and oxygen atoms in total. The van der Waals surface area contributed by atoms with Gasteiger partial charge in [0.05, 0.1) is 12.0 Å². The summed E-state index contributed by atoms with van der Waals surface area (Å²) in [6.07, 6.45) is 1.61. The molecule has 8 heteroatoms. The number of rotatable bonds is 7. The van der Waals surface area contributed by atoms with Crippen LogP contribution in [0.2, 0.25) is 0 Å². The summed E-state index contributed by atoms with van der Waals surface area (Å²) in [4.78, 5) is 12.3. The van der Waals surface area contributed by atoms with E-state index in [1.165, 1.54) is 11.8 Å². The lowest BCUT2D eigenvalue weighted by Gasteiger charge is -2.10. The van der Waals surface area contributed by atoms with Crippen LogP contribution in [0, 0.1) is 0 Å². The summed E-state index contributed by atoms with van der Waals surface area (Å²) in [5.41, 5.74) is 5.34. The lowest BCUT2D eigenvalue weighted by atomic mass is 10.2. The topological polar surface area (TPSA) is 72.2 Å². The first kappa shape index (κ1) is 21.0. The van der Waals surface area contributed by atoms with Gasteiger partial charge in [0.1, 0.15) is 0 Å². The van der Waals surface area contributed by atoms with Crippen molar-refractivity contribution in [2.75, 3.05) is 5.75 Å². The maximum Gasteiger partial charge on any atom is 0.250 e. The van der Waals surface area contributed by atoms with Crippen molar-refractivity contribution in [1.29, 1.82) is 0 Å². The highest BCUT2D eigenvalue weighted by Gasteiger charge is 2.16. The van der Waals surface area contributed by atoms with Crippen molar-refractivity contribution < 1.29 is 4.79 Å². The van der Waals surface area contributed by atoms with Gasteiger partial charge < -0.3 is 0 Å². The lowest BCUT2D eigenvalue weighted by Crippen LogP contribution is -2.20. The normalized spacial score (nSPS) is 11.0. The number of hydrogen-bond donors (Lipinski definition) is 1. The molecule has 0 bridgehead atoms. The molecule has 0 spiro atoms. The molecule has 1 N–H and O–H groups in total. The predicted molar refractivity (Wildman–Crippen MR) is 127 cm³/mol. The molecule has 1 amide bonds.